The molecule has 0 aliphatic carbocycles. The molecule has 1 N–H and O–H groups in total. The number of hydrogen-bond acceptors (Lipinski definition) is 4. The van der Waals surface area contributed by atoms with Crippen molar-refractivity contribution in [2.45, 2.75) is 19.4 Å². The standard InChI is InChI=1S/C19H19BrN2O3/c20-15-10-18-17(24-12-25-18)9-13(15)11-21-16-6-2-1-5-14(16)19(23)22-7-3-4-8-22/h1-2,5-6,9-10,21H,3-4,7-8,11-12H2. The smallest absolute Gasteiger partial charge is 0.255 e. The number of halogens is 1. The van der Waals surface area contributed by atoms with Gasteiger partial charge in [0.1, 0.15) is 0 Å². The number of fused-ring (bicyclic) bond motifs is 1. The van der Waals surface area contributed by atoms with Crippen LogP contribution in [-0.2, 0) is 6.54 Å². The monoisotopic (exact) mass is 402 g/mol. The van der Waals surface area contributed by atoms with Gasteiger partial charge in [-0.15, -0.1) is 0 Å². The van der Waals surface area contributed by atoms with Crippen molar-refractivity contribution in [2.75, 3.05) is 25.2 Å². The van der Waals surface area contributed by atoms with Crippen molar-refractivity contribution in [3.05, 3.63) is 52.0 Å². The van der Waals surface area contributed by atoms with Crippen LogP contribution in [0.3, 0.4) is 0 Å². The van der Waals surface area contributed by atoms with Crippen molar-refractivity contribution in [3.8, 4) is 11.5 Å². The minimum atomic E-state index is 0.102. The van der Waals surface area contributed by atoms with Crippen molar-refractivity contribution in [1.29, 1.82) is 0 Å². The average Bonchev–Trinajstić information content (AvgIpc) is 3.31. The van der Waals surface area contributed by atoms with Crippen LogP contribution in [0.25, 0.3) is 0 Å². The van der Waals surface area contributed by atoms with Gasteiger partial charge in [-0.2, -0.15) is 0 Å². The van der Waals surface area contributed by atoms with Gasteiger partial charge >= 0.3 is 0 Å². The molecule has 1 saturated heterocycles. The molecule has 25 heavy (non-hydrogen) atoms. The molecule has 0 radical (unpaired) electrons. The van der Waals surface area contributed by atoms with Gasteiger partial charge in [0.05, 0.1) is 5.56 Å². The summed E-state index contributed by atoms with van der Waals surface area (Å²) >= 11 is 3.57. The highest BCUT2D eigenvalue weighted by molar-refractivity contribution is 9.10. The number of nitrogens with zero attached hydrogens (tertiary/aromatic N) is 1. The number of amides is 1. The Hall–Kier alpha value is -2.21. The molecule has 1 fully saturated rings. The number of nitrogens with one attached hydrogen (secondary N) is 1. The van der Waals surface area contributed by atoms with Gasteiger partial charge in [0.25, 0.3) is 5.91 Å². The molecular formula is C19H19BrN2O3. The van der Waals surface area contributed by atoms with E-state index in [2.05, 4.69) is 21.2 Å². The SMILES string of the molecule is O=C(c1ccccc1NCc1cc2c(cc1Br)OCO2)N1CCCC1. The van der Waals surface area contributed by atoms with Crippen molar-refractivity contribution in [1.82, 2.24) is 4.90 Å². The number of hydrogen-bond donors (Lipinski definition) is 1. The molecule has 1 amide bonds. The fraction of sp³-hybridized carbons (Fsp3) is 0.316. The van der Waals surface area contributed by atoms with E-state index in [4.69, 9.17) is 9.47 Å². The lowest BCUT2D eigenvalue weighted by atomic mass is 10.1. The Morgan fingerprint density at radius 1 is 1.12 bits per heavy atom. The molecule has 6 heteroatoms. The Balaban J connectivity index is 1.53. The van der Waals surface area contributed by atoms with Gasteiger partial charge in [-0.25, -0.2) is 0 Å². The Bertz CT molecular complexity index is 803. The maximum absolute atomic E-state index is 12.7. The van der Waals surface area contributed by atoms with Gasteiger partial charge in [0.15, 0.2) is 11.5 Å². The highest BCUT2D eigenvalue weighted by Crippen LogP contribution is 2.37. The number of carbonyl (C=O) groups is 1. The van der Waals surface area contributed by atoms with Gasteiger partial charge in [0, 0.05) is 29.8 Å². The number of benzene rings is 2. The number of anilines is 1. The largest absolute Gasteiger partial charge is 0.454 e. The second-order valence-corrected chi connectivity index (χ2v) is 7.05. The van der Waals surface area contributed by atoms with E-state index in [1.165, 1.54) is 0 Å². The predicted molar refractivity (Wildman–Crippen MR) is 99.2 cm³/mol. The second kappa shape index (κ2) is 6.96. The molecule has 4 rings (SSSR count). The highest BCUT2D eigenvalue weighted by Gasteiger charge is 2.22. The van der Waals surface area contributed by atoms with Crippen LogP contribution < -0.4 is 14.8 Å². The topological polar surface area (TPSA) is 50.8 Å². The zero-order valence-corrected chi connectivity index (χ0v) is 15.3. The highest BCUT2D eigenvalue weighted by atomic mass is 79.9. The number of carbonyl (C=O) groups excluding carboxylic acids is 1. The lowest BCUT2D eigenvalue weighted by Gasteiger charge is -2.18. The minimum Gasteiger partial charge on any atom is -0.454 e. The first kappa shape index (κ1) is 16.3. The lowest BCUT2D eigenvalue weighted by molar-refractivity contribution is 0.0793. The molecule has 2 aromatic rings. The number of ether oxygens (including phenoxy) is 2. The first-order valence-electron chi connectivity index (χ1n) is 8.42. The number of para-hydroxylation sites is 1. The van der Waals surface area contributed by atoms with Crippen LogP contribution in [-0.4, -0.2) is 30.7 Å². The summed E-state index contributed by atoms with van der Waals surface area (Å²) in [7, 11) is 0. The summed E-state index contributed by atoms with van der Waals surface area (Å²) < 4.78 is 11.8. The number of likely N-dealkylation sites (tertiary alicyclic amines) is 1. The van der Waals surface area contributed by atoms with Gasteiger partial charge in [-0.05, 0) is 42.7 Å². The molecule has 5 nitrogen and oxygen atoms in total. The second-order valence-electron chi connectivity index (χ2n) is 6.20. The fourth-order valence-electron chi connectivity index (χ4n) is 3.20. The van der Waals surface area contributed by atoms with Gasteiger partial charge < -0.3 is 19.7 Å². The molecule has 2 aliphatic rings. The summed E-state index contributed by atoms with van der Waals surface area (Å²) in [6.07, 6.45) is 2.18. The molecule has 2 aliphatic heterocycles. The van der Waals surface area contributed by atoms with E-state index < -0.39 is 0 Å². The van der Waals surface area contributed by atoms with E-state index in [9.17, 15) is 4.79 Å². The summed E-state index contributed by atoms with van der Waals surface area (Å²) in [4.78, 5) is 14.7. The van der Waals surface area contributed by atoms with Crippen LogP contribution in [0.4, 0.5) is 5.69 Å². The number of rotatable bonds is 4. The zero-order valence-electron chi connectivity index (χ0n) is 13.8. The van der Waals surface area contributed by atoms with Crippen LogP contribution >= 0.6 is 15.9 Å². The van der Waals surface area contributed by atoms with Crippen LogP contribution in [0, 0.1) is 0 Å². The lowest BCUT2D eigenvalue weighted by Crippen LogP contribution is -2.28. The van der Waals surface area contributed by atoms with Crippen molar-refractivity contribution in [3.63, 3.8) is 0 Å². The third-order valence-corrected chi connectivity index (χ3v) is 5.30. The summed E-state index contributed by atoms with van der Waals surface area (Å²) in [6.45, 7) is 2.54. The van der Waals surface area contributed by atoms with Crippen LogP contribution in [0.15, 0.2) is 40.9 Å². The summed E-state index contributed by atoms with van der Waals surface area (Å²) in [6, 6.07) is 11.6. The molecular weight excluding hydrogens is 384 g/mol. The fourth-order valence-corrected chi connectivity index (χ4v) is 3.66. The predicted octanol–water partition coefficient (Wildman–Crippen LogP) is 4.03. The average molecular weight is 403 g/mol. The normalized spacial score (nSPS) is 15.5. The van der Waals surface area contributed by atoms with E-state index in [0.29, 0.717) is 6.54 Å². The van der Waals surface area contributed by atoms with Crippen molar-refractivity contribution < 1.29 is 14.3 Å². The Morgan fingerprint density at radius 2 is 1.84 bits per heavy atom. The van der Waals surface area contributed by atoms with Gasteiger partial charge in [-0.1, -0.05) is 28.1 Å². The zero-order chi connectivity index (χ0) is 17.2. The quantitative estimate of drug-likeness (QED) is 0.838. The maximum Gasteiger partial charge on any atom is 0.255 e. The van der Waals surface area contributed by atoms with E-state index in [1.54, 1.807) is 0 Å². The molecule has 0 aromatic heterocycles. The molecule has 0 unspecified atom stereocenters. The van der Waals surface area contributed by atoms with E-state index in [-0.39, 0.29) is 12.7 Å². The van der Waals surface area contributed by atoms with Crippen molar-refractivity contribution in [2.24, 2.45) is 0 Å². The Kier molecular flexibility index (Phi) is 4.53. The Morgan fingerprint density at radius 3 is 2.64 bits per heavy atom. The first-order chi connectivity index (χ1) is 12.2. The molecule has 0 atom stereocenters. The molecule has 0 saturated carbocycles. The van der Waals surface area contributed by atoms with Crippen LogP contribution in [0.1, 0.15) is 28.8 Å². The third kappa shape index (κ3) is 3.31. The van der Waals surface area contributed by atoms with Crippen molar-refractivity contribution >= 4 is 27.5 Å². The first-order valence-corrected chi connectivity index (χ1v) is 9.22. The van der Waals surface area contributed by atoms with Gasteiger partial charge in [0.2, 0.25) is 6.79 Å². The molecule has 2 aromatic carbocycles. The van der Waals surface area contributed by atoms with Crippen LogP contribution in [0.5, 0.6) is 11.5 Å². The summed E-state index contributed by atoms with van der Waals surface area (Å²) in [5, 5.41) is 3.39. The van der Waals surface area contributed by atoms with E-state index in [1.807, 2.05) is 41.3 Å². The molecule has 0 bridgehead atoms. The minimum absolute atomic E-state index is 0.102. The third-order valence-electron chi connectivity index (χ3n) is 4.56. The Labute approximate surface area is 155 Å². The van der Waals surface area contributed by atoms with E-state index >= 15 is 0 Å². The van der Waals surface area contributed by atoms with Crippen LogP contribution in [0.2, 0.25) is 0 Å². The molecule has 130 valence electrons. The maximum atomic E-state index is 12.7. The summed E-state index contributed by atoms with van der Waals surface area (Å²) in [5.41, 5.74) is 2.62. The summed E-state index contributed by atoms with van der Waals surface area (Å²) in [5.74, 6) is 1.60. The van der Waals surface area contributed by atoms with E-state index in [0.717, 1.165) is 58.7 Å². The molecule has 0 spiro atoms. The van der Waals surface area contributed by atoms with Gasteiger partial charge in [-0.3, -0.25) is 4.79 Å². The molecule has 2 heterocycles.